The molecule has 4 rings (SSSR count). The van der Waals surface area contributed by atoms with Gasteiger partial charge in [0, 0.05) is 11.1 Å². The largest absolute Gasteiger partial charge is 0.507 e. The van der Waals surface area contributed by atoms with Crippen LogP contribution in [-0.4, -0.2) is 24.4 Å². The second-order valence-electron chi connectivity index (χ2n) is 7.01. The van der Waals surface area contributed by atoms with E-state index in [9.17, 15) is 10.2 Å². The lowest BCUT2D eigenvalue weighted by molar-refractivity contribution is 0.332. The molecule has 0 saturated heterocycles. The van der Waals surface area contributed by atoms with E-state index in [2.05, 4.69) is 6.07 Å². The lowest BCUT2D eigenvalue weighted by atomic mass is 9.76. The predicted molar refractivity (Wildman–Crippen MR) is 96.9 cm³/mol. The van der Waals surface area contributed by atoms with Gasteiger partial charge in [-0.1, -0.05) is 6.07 Å². The number of hydrogen-bond donors (Lipinski definition) is 2. The standard InChI is InChI=1S/C21H24O4/c1-24-20-15-11-14(19(23)21(20)25-2)8-4-6-12-5-3-7-13-9-10-16(22)18(15)17(12)13/h9-12,22-23H,3-8H2,1-2H3. The first-order valence-corrected chi connectivity index (χ1v) is 8.97. The Morgan fingerprint density at radius 3 is 2.28 bits per heavy atom. The normalized spacial score (nSPS) is 18.6. The Bertz CT molecular complexity index is 825. The van der Waals surface area contributed by atoms with Crippen molar-refractivity contribution in [3.05, 3.63) is 34.9 Å². The van der Waals surface area contributed by atoms with E-state index in [1.54, 1.807) is 13.2 Å². The van der Waals surface area contributed by atoms with Crippen molar-refractivity contribution in [2.45, 2.75) is 44.4 Å². The first-order valence-electron chi connectivity index (χ1n) is 8.97. The number of aromatic hydroxyl groups is 2. The fourth-order valence-corrected chi connectivity index (χ4v) is 4.58. The van der Waals surface area contributed by atoms with Crippen LogP contribution in [0, 0.1) is 0 Å². The lowest BCUT2D eigenvalue weighted by Crippen LogP contribution is -2.11. The quantitative estimate of drug-likeness (QED) is 0.843. The maximum absolute atomic E-state index is 10.7. The summed E-state index contributed by atoms with van der Waals surface area (Å²) in [6.45, 7) is 0. The van der Waals surface area contributed by atoms with E-state index in [0.717, 1.165) is 48.8 Å². The molecule has 4 nitrogen and oxygen atoms in total. The molecule has 2 N–H and O–H groups in total. The zero-order valence-electron chi connectivity index (χ0n) is 14.8. The number of phenolic OH excluding ortho intramolecular Hbond substituents is 2. The molecule has 2 aromatic carbocycles. The van der Waals surface area contributed by atoms with Gasteiger partial charge in [-0.05, 0) is 73.3 Å². The summed E-state index contributed by atoms with van der Waals surface area (Å²) in [6, 6.07) is 5.80. The van der Waals surface area contributed by atoms with Crippen molar-refractivity contribution >= 4 is 0 Å². The van der Waals surface area contributed by atoms with Crippen molar-refractivity contribution < 1.29 is 19.7 Å². The van der Waals surface area contributed by atoms with Crippen LogP contribution in [0.4, 0.5) is 0 Å². The number of hydrogen-bond acceptors (Lipinski definition) is 4. The molecule has 4 heteroatoms. The second-order valence-corrected chi connectivity index (χ2v) is 7.01. The highest BCUT2D eigenvalue weighted by atomic mass is 16.5. The van der Waals surface area contributed by atoms with Crippen LogP contribution in [0.1, 0.15) is 48.3 Å². The minimum absolute atomic E-state index is 0.147. The molecule has 2 aliphatic carbocycles. The second kappa shape index (κ2) is 6.17. The van der Waals surface area contributed by atoms with Crippen molar-refractivity contribution in [1.82, 2.24) is 0 Å². The van der Waals surface area contributed by atoms with E-state index in [0.29, 0.717) is 17.4 Å². The molecule has 0 fully saturated rings. The maximum atomic E-state index is 10.7. The van der Waals surface area contributed by atoms with Gasteiger partial charge in [-0.15, -0.1) is 0 Å². The Morgan fingerprint density at radius 1 is 0.920 bits per heavy atom. The summed E-state index contributed by atoms with van der Waals surface area (Å²) in [4.78, 5) is 0. The summed E-state index contributed by atoms with van der Waals surface area (Å²) >= 11 is 0. The number of ether oxygens (including phenoxy) is 2. The molecular formula is C21H24O4. The molecule has 25 heavy (non-hydrogen) atoms. The number of rotatable bonds is 2. The van der Waals surface area contributed by atoms with Crippen molar-refractivity contribution in [3.8, 4) is 34.1 Å². The molecule has 2 bridgehead atoms. The van der Waals surface area contributed by atoms with Crippen LogP contribution in [0.2, 0.25) is 0 Å². The van der Waals surface area contributed by atoms with Gasteiger partial charge in [-0.3, -0.25) is 0 Å². The van der Waals surface area contributed by atoms with Gasteiger partial charge in [0.15, 0.2) is 11.5 Å². The molecule has 0 amide bonds. The van der Waals surface area contributed by atoms with Crippen LogP contribution in [0.25, 0.3) is 11.1 Å². The number of fused-ring (bicyclic) bond motifs is 3. The lowest BCUT2D eigenvalue weighted by Gasteiger charge is -2.29. The van der Waals surface area contributed by atoms with Crippen LogP contribution in [0.5, 0.6) is 23.0 Å². The SMILES string of the molecule is COc1c2cc(c(O)c1OC)CCCC1CCCc3ccc(O)c-2c31. The van der Waals surface area contributed by atoms with Crippen molar-refractivity contribution in [2.24, 2.45) is 0 Å². The molecule has 1 atom stereocenters. The van der Waals surface area contributed by atoms with E-state index in [1.807, 2.05) is 6.07 Å². The first kappa shape index (κ1) is 16.1. The number of methoxy groups -OCH3 is 2. The highest BCUT2D eigenvalue weighted by Crippen LogP contribution is 2.53. The molecule has 0 heterocycles. The Morgan fingerprint density at radius 2 is 1.60 bits per heavy atom. The van der Waals surface area contributed by atoms with Gasteiger partial charge in [0.2, 0.25) is 5.75 Å². The van der Waals surface area contributed by atoms with Gasteiger partial charge in [-0.25, -0.2) is 0 Å². The molecule has 0 aliphatic heterocycles. The highest BCUT2D eigenvalue weighted by molar-refractivity contribution is 5.84. The monoisotopic (exact) mass is 340 g/mol. The third-order valence-electron chi connectivity index (χ3n) is 5.69. The molecule has 0 aromatic heterocycles. The first-order chi connectivity index (χ1) is 12.2. The molecular weight excluding hydrogens is 316 g/mol. The van der Waals surface area contributed by atoms with Crippen LogP contribution in [0.3, 0.4) is 0 Å². The fourth-order valence-electron chi connectivity index (χ4n) is 4.58. The highest BCUT2D eigenvalue weighted by Gasteiger charge is 2.31. The zero-order valence-corrected chi connectivity index (χ0v) is 14.8. The van der Waals surface area contributed by atoms with Crippen LogP contribution >= 0.6 is 0 Å². The van der Waals surface area contributed by atoms with E-state index >= 15 is 0 Å². The minimum atomic E-state index is 0.147. The molecule has 2 aliphatic rings. The van der Waals surface area contributed by atoms with Crippen molar-refractivity contribution in [3.63, 3.8) is 0 Å². The van der Waals surface area contributed by atoms with Crippen molar-refractivity contribution in [1.29, 1.82) is 0 Å². The molecule has 2 aromatic rings. The molecule has 1 unspecified atom stereocenters. The van der Waals surface area contributed by atoms with Crippen molar-refractivity contribution in [2.75, 3.05) is 14.2 Å². The van der Waals surface area contributed by atoms with Gasteiger partial charge in [-0.2, -0.15) is 0 Å². The molecule has 0 radical (unpaired) electrons. The number of aryl methyl sites for hydroxylation is 2. The number of phenols is 2. The van der Waals surface area contributed by atoms with Crippen LogP contribution in [-0.2, 0) is 12.8 Å². The van der Waals surface area contributed by atoms with Gasteiger partial charge >= 0.3 is 0 Å². The summed E-state index contributed by atoms with van der Waals surface area (Å²) in [6.07, 6.45) is 6.23. The van der Waals surface area contributed by atoms with Gasteiger partial charge in [0.25, 0.3) is 0 Å². The Labute approximate surface area is 148 Å². The summed E-state index contributed by atoms with van der Waals surface area (Å²) < 4.78 is 11.1. The summed E-state index contributed by atoms with van der Waals surface area (Å²) in [5.41, 5.74) is 5.09. The van der Waals surface area contributed by atoms with E-state index in [-0.39, 0.29) is 11.5 Å². The smallest absolute Gasteiger partial charge is 0.203 e. The van der Waals surface area contributed by atoms with E-state index in [1.165, 1.54) is 24.7 Å². The van der Waals surface area contributed by atoms with E-state index in [4.69, 9.17) is 9.47 Å². The fraction of sp³-hybridized carbons (Fsp3) is 0.429. The Kier molecular flexibility index (Phi) is 3.98. The van der Waals surface area contributed by atoms with Crippen LogP contribution < -0.4 is 9.47 Å². The predicted octanol–water partition coefficient (Wildman–Crippen LogP) is 4.54. The third kappa shape index (κ3) is 2.43. The van der Waals surface area contributed by atoms with Gasteiger partial charge < -0.3 is 19.7 Å². The summed E-state index contributed by atoms with van der Waals surface area (Å²) in [5.74, 6) is 1.69. The minimum Gasteiger partial charge on any atom is -0.507 e. The van der Waals surface area contributed by atoms with Gasteiger partial charge in [0.1, 0.15) is 5.75 Å². The average Bonchev–Trinajstić information content (AvgIpc) is 2.69. The third-order valence-corrected chi connectivity index (χ3v) is 5.69. The summed E-state index contributed by atoms with van der Waals surface area (Å²) in [7, 11) is 3.11. The van der Waals surface area contributed by atoms with Crippen LogP contribution in [0.15, 0.2) is 18.2 Å². The number of benzene rings is 2. The topological polar surface area (TPSA) is 58.9 Å². The molecule has 0 saturated carbocycles. The van der Waals surface area contributed by atoms with Gasteiger partial charge in [0.05, 0.1) is 14.2 Å². The van der Waals surface area contributed by atoms with E-state index < -0.39 is 0 Å². The Hall–Kier alpha value is -2.36. The average molecular weight is 340 g/mol. The Balaban J connectivity index is 2.09. The zero-order chi connectivity index (χ0) is 17.6. The molecule has 0 spiro atoms. The summed E-state index contributed by atoms with van der Waals surface area (Å²) in [5, 5.41) is 21.3. The molecule has 132 valence electrons. The maximum Gasteiger partial charge on any atom is 0.203 e.